The lowest BCUT2D eigenvalue weighted by Gasteiger charge is -2.32. The minimum absolute atomic E-state index is 0.138. The highest BCUT2D eigenvalue weighted by atomic mass is 16.2. The van der Waals surface area contributed by atoms with Gasteiger partial charge in [0.15, 0.2) is 0 Å². The van der Waals surface area contributed by atoms with Crippen LogP contribution in [0, 0.1) is 0 Å². The fourth-order valence-electron chi connectivity index (χ4n) is 3.76. The molecule has 3 rings (SSSR count). The number of carbonyl (C=O) groups is 3. The van der Waals surface area contributed by atoms with Crippen LogP contribution in [0.15, 0.2) is 30.3 Å². The van der Waals surface area contributed by atoms with Crippen molar-refractivity contribution in [2.75, 3.05) is 13.1 Å². The number of carbonyl (C=O) groups excluding carboxylic acids is 3. The molecule has 0 unspecified atom stereocenters. The van der Waals surface area contributed by atoms with E-state index in [1.165, 1.54) is 0 Å². The summed E-state index contributed by atoms with van der Waals surface area (Å²) in [5.41, 5.74) is 0.148. The zero-order valence-corrected chi connectivity index (χ0v) is 15.5. The van der Waals surface area contributed by atoms with Crippen molar-refractivity contribution in [3.63, 3.8) is 0 Å². The Hall–Kier alpha value is -2.37. The van der Waals surface area contributed by atoms with Crippen LogP contribution in [0.1, 0.15) is 45.1 Å². The molecule has 2 atom stereocenters. The molecule has 0 bridgehead atoms. The van der Waals surface area contributed by atoms with Crippen LogP contribution in [0.4, 0.5) is 4.79 Å². The molecule has 26 heavy (non-hydrogen) atoms. The molecule has 0 radical (unpaired) electrons. The Morgan fingerprint density at radius 3 is 2.46 bits per heavy atom. The van der Waals surface area contributed by atoms with Gasteiger partial charge in [-0.25, -0.2) is 9.69 Å². The molecule has 2 fully saturated rings. The second-order valence-corrected chi connectivity index (χ2v) is 7.48. The molecule has 6 nitrogen and oxygen atoms in total. The zero-order valence-electron chi connectivity index (χ0n) is 15.5. The summed E-state index contributed by atoms with van der Waals surface area (Å²) in [5.74, 6) is -0.447. The number of benzene rings is 1. The first-order chi connectivity index (χ1) is 12.4. The van der Waals surface area contributed by atoms with E-state index in [4.69, 9.17) is 0 Å². The van der Waals surface area contributed by atoms with E-state index in [1.54, 1.807) is 18.7 Å². The number of hydrogen-bond donors (Lipinski definition) is 1. The predicted octanol–water partition coefficient (Wildman–Crippen LogP) is 2.33. The van der Waals surface area contributed by atoms with E-state index in [0.717, 1.165) is 29.7 Å². The van der Waals surface area contributed by atoms with Gasteiger partial charge in [0.05, 0.1) is 0 Å². The average molecular weight is 357 g/mol. The number of nitrogens with one attached hydrogen (secondary N) is 1. The van der Waals surface area contributed by atoms with Gasteiger partial charge < -0.3 is 10.2 Å². The first-order valence-electron chi connectivity index (χ1n) is 9.41. The predicted molar refractivity (Wildman–Crippen MR) is 98.4 cm³/mol. The molecule has 2 heterocycles. The van der Waals surface area contributed by atoms with Crippen LogP contribution in [0.25, 0.3) is 0 Å². The lowest BCUT2D eigenvalue weighted by Crippen LogP contribution is -2.52. The van der Waals surface area contributed by atoms with Gasteiger partial charge in [-0.3, -0.25) is 9.59 Å². The standard InChI is InChI=1S/C20H27N3O3/c1-15(17(24)22-13-7-4-8-14-22)23-18(25)20(2,21-19(23)26)12-11-16-9-5-3-6-10-16/h3,5-6,9-10,15H,4,7-8,11-14H2,1-2H3,(H,21,26)/t15-,20-/m0/s1. The number of urea groups is 1. The topological polar surface area (TPSA) is 69.7 Å². The normalized spacial score (nSPS) is 24.5. The third-order valence-corrected chi connectivity index (χ3v) is 5.46. The van der Waals surface area contributed by atoms with E-state index < -0.39 is 17.6 Å². The maximum absolute atomic E-state index is 13.0. The van der Waals surface area contributed by atoms with Crippen molar-refractivity contribution < 1.29 is 14.4 Å². The van der Waals surface area contributed by atoms with Gasteiger partial charge in [-0.05, 0) is 51.5 Å². The monoisotopic (exact) mass is 357 g/mol. The van der Waals surface area contributed by atoms with Crippen molar-refractivity contribution in [2.45, 2.75) is 57.5 Å². The quantitative estimate of drug-likeness (QED) is 0.822. The van der Waals surface area contributed by atoms with Gasteiger partial charge in [-0.2, -0.15) is 0 Å². The summed E-state index contributed by atoms with van der Waals surface area (Å²) in [7, 11) is 0. The van der Waals surface area contributed by atoms with Crippen molar-refractivity contribution in [2.24, 2.45) is 0 Å². The van der Waals surface area contributed by atoms with E-state index in [0.29, 0.717) is 25.9 Å². The molecule has 2 saturated heterocycles. The zero-order chi connectivity index (χ0) is 18.7. The molecule has 0 saturated carbocycles. The molecule has 1 aromatic rings. The number of imide groups is 1. The molecule has 0 spiro atoms. The average Bonchev–Trinajstić information content (AvgIpc) is 2.89. The fraction of sp³-hybridized carbons (Fsp3) is 0.550. The molecule has 6 heteroatoms. The van der Waals surface area contributed by atoms with E-state index in [-0.39, 0.29) is 11.8 Å². The van der Waals surface area contributed by atoms with E-state index >= 15 is 0 Å². The lowest BCUT2D eigenvalue weighted by atomic mass is 9.93. The highest BCUT2D eigenvalue weighted by Gasteiger charge is 2.50. The van der Waals surface area contributed by atoms with Crippen LogP contribution < -0.4 is 5.32 Å². The minimum atomic E-state index is -0.969. The maximum Gasteiger partial charge on any atom is 0.325 e. The van der Waals surface area contributed by atoms with Gasteiger partial charge in [0, 0.05) is 13.1 Å². The number of aryl methyl sites for hydroxylation is 1. The maximum atomic E-state index is 13.0. The number of nitrogens with zero attached hydrogens (tertiary/aromatic N) is 2. The second kappa shape index (κ2) is 7.48. The fourth-order valence-corrected chi connectivity index (χ4v) is 3.76. The van der Waals surface area contributed by atoms with Crippen molar-refractivity contribution >= 4 is 17.8 Å². The summed E-state index contributed by atoms with van der Waals surface area (Å²) >= 11 is 0. The highest BCUT2D eigenvalue weighted by molar-refractivity contribution is 6.09. The van der Waals surface area contributed by atoms with E-state index in [2.05, 4.69) is 5.32 Å². The van der Waals surface area contributed by atoms with Gasteiger partial charge in [-0.15, -0.1) is 0 Å². The summed E-state index contributed by atoms with van der Waals surface area (Å²) in [6, 6.07) is 8.64. The smallest absolute Gasteiger partial charge is 0.325 e. The largest absolute Gasteiger partial charge is 0.341 e. The molecular formula is C20H27N3O3. The molecule has 2 aliphatic heterocycles. The summed E-state index contributed by atoms with van der Waals surface area (Å²) in [6.07, 6.45) is 4.27. The molecule has 140 valence electrons. The Morgan fingerprint density at radius 2 is 1.81 bits per heavy atom. The second-order valence-electron chi connectivity index (χ2n) is 7.48. The third-order valence-electron chi connectivity index (χ3n) is 5.46. The summed E-state index contributed by atoms with van der Waals surface area (Å²) in [6.45, 7) is 4.81. The van der Waals surface area contributed by atoms with Crippen LogP contribution in [-0.4, -0.2) is 52.3 Å². The van der Waals surface area contributed by atoms with Gasteiger partial charge >= 0.3 is 6.03 Å². The molecular weight excluding hydrogens is 330 g/mol. The molecule has 1 aromatic carbocycles. The Labute approximate surface area is 154 Å². The molecule has 4 amide bonds. The highest BCUT2D eigenvalue weighted by Crippen LogP contribution is 2.26. The number of rotatable bonds is 5. The van der Waals surface area contributed by atoms with Crippen LogP contribution in [0.2, 0.25) is 0 Å². The number of piperidine rings is 1. The number of amides is 4. The first-order valence-corrected chi connectivity index (χ1v) is 9.41. The van der Waals surface area contributed by atoms with Gasteiger partial charge in [0.25, 0.3) is 5.91 Å². The van der Waals surface area contributed by atoms with Crippen molar-refractivity contribution in [1.29, 1.82) is 0 Å². The van der Waals surface area contributed by atoms with Gasteiger partial charge in [-0.1, -0.05) is 30.3 Å². The summed E-state index contributed by atoms with van der Waals surface area (Å²) < 4.78 is 0. The van der Waals surface area contributed by atoms with Gasteiger partial charge in [0.2, 0.25) is 5.91 Å². The first kappa shape index (κ1) is 18.4. The van der Waals surface area contributed by atoms with Crippen molar-refractivity contribution in [3.8, 4) is 0 Å². The molecule has 1 N–H and O–H groups in total. The third kappa shape index (κ3) is 3.59. The Morgan fingerprint density at radius 1 is 1.15 bits per heavy atom. The van der Waals surface area contributed by atoms with Crippen LogP contribution in [-0.2, 0) is 16.0 Å². The minimum Gasteiger partial charge on any atom is -0.341 e. The molecule has 2 aliphatic rings. The van der Waals surface area contributed by atoms with Crippen molar-refractivity contribution in [1.82, 2.24) is 15.1 Å². The Balaban J connectivity index is 1.68. The van der Waals surface area contributed by atoms with Gasteiger partial charge in [0.1, 0.15) is 11.6 Å². The van der Waals surface area contributed by atoms with Crippen LogP contribution >= 0.6 is 0 Å². The van der Waals surface area contributed by atoms with E-state index in [1.807, 2.05) is 30.3 Å². The Bertz CT molecular complexity index is 685. The molecule has 0 aromatic heterocycles. The molecule has 0 aliphatic carbocycles. The van der Waals surface area contributed by atoms with Crippen molar-refractivity contribution in [3.05, 3.63) is 35.9 Å². The summed E-state index contributed by atoms with van der Waals surface area (Å²) in [4.78, 5) is 41.0. The lowest BCUT2D eigenvalue weighted by molar-refractivity contribution is -0.143. The van der Waals surface area contributed by atoms with Crippen LogP contribution in [0.3, 0.4) is 0 Å². The SMILES string of the molecule is C[C@@H](C(=O)N1CCCCC1)N1C(=O)N[C@@](C)(CCc2ccccc2)C1=O. The van der Waals surface area contributed by atoms with E-state index in [9.17, 15) is 14.4 Å². The Kier molecular flexibility index (Phi) is 5.30. The van der Waals surface area contributed by atoms with Crippen LogP contribution in [0.5, 0.6) is 0 Å². The number of hydrogen-bond acceptors (Lipinski definition) is 3. The summed E-state index contributed by atoms with van der Waals surface area (Å²) in [5, 5.41) is 2.81. The number of likely N-dealkylation sites (tertiary alicyclic amines) is 1.